The summed E-state index contributed by atoms with van der Waals surface area (Å²) in [5, 5.41) is 9.05. The van der Waals surface area contributed by atoms with Gasteiger partial charge in [-0.05, 0) is 24.1 Å². The number of nitrogens with one attached hydrogen (secondary N) is 2. The van der Waals surface area contributed by atoms with Crippen molar-refractivity contribution in [1.82, 2.24) is 20.1 Å². The van der Waals surface area contributed by atoms with Gasteiger partial charge in [0.2, 0.25) is 17.8 Å². The van der Waals surface area contributed by atoms with Crippen LogP contribution in [0, 0.1) is 5.92 Å². The average molecular weight is 357 g/mol. The van der Waals surface area contributed by atoms with Crippen molar-refractivity contribution in [2.45, 2.75) is 32.2 Å². The summed E-state index contributed by atoms with van der Waals surface area (Å²) in [6, 6.07) is 7.22. The molecule has 2 atom stereocenters. The molecule has 1 fully saturated rings. The first-order valence-electron chi connectivity index (χ1n) is 8.73. The molecule has 0 aliphatic carbocycles. The summed E-state index contributed by atoms with van der Waals surface area (Å²) in [4.78, 5) is 31.1. The number of likely N-dealkylation sites (tertiary alicyclic amines) is 1. The Labute approximate surface area is 151 Å². The van der Waals surface area contributed by atoms with E-state index in [0.29, 0.717) is 6.54 Å². The molecule has 1 aromatic carbocycles. The molecule has 8 nitrogen and oxygen atoms in total. The number of benzene rings is 1. The van der Waals surface area contributed by atoms with Crippen LogP contribution in [0.3, 0.4) is 0 Å². The number of ether oxygens (including phenoxy) is 1. The Morgan fingerprint density at radius 3 is 2.77 bits per heavy atom. The summed E-state index contributed by atoms with van der Waals surface area (Å²) in [6.07, 6.45) is 3.38. The molecule has 1 saturated heterocycles. The molecule has 2 N–H and O–H groups in total. The monoisotopic (exact) mass is 357 g/mol. The molecule has 8 heteroatoms. The van der Waals surface area contributed by atoms with E-state index in [4.69, 9.17) is 4.74 Å². The van der Waals surface area contributed by atoms with E-state index in [1.807, 2.05) is 29.2 Å². The van der Waals surface area contributed by atoms with E-state index in [2.05, 4.69) is 27.4 Å². The first-order valence-corrected chi connectivity index (χ1v) is 8.73. The van der Waals surface area contributed by atoms with Crippen LogP contribution in [-0.2, 0) is 9.59 Å². The van der Waals surface area contributed by atoms with Gasteiger partial charge in [-0.2, -0.15) is 10.1 Å². The van der Waals surface area contributed by atoms with Crippen molar-refractivity contribution in [3.05, 3.63) is 36.2 Å². The normalized spacial score (nSPS) is 19.6. The van der Waals surface area contributed by atoms with Gasteiger partial charge in [-0.25, -0.2) is 5.10 Å². The number of nitrogens with zero attached hydrogens (tertiary/aromatic N) is 3. The van der Waals surface area contributed by atoms with Gasteiger partial charge in [-0.1, -0.05) is 25.5 Å². The summed E-state index contributed by atoms with van der Waals surface area (Å²) in [5.41, 5.74) is 0.922. The number of hydrogen-bond donors (Lipinski definition) is 2. The van der Waals surface area contributed by atoms with Crippen LogP contribution in [0.4, 0.5) is 5.95 Å². The SMILES string of the molecule is CCCCN1C(=O)C[C@H](C(=O)Nc2ncn[nH]2)[C@@H]1c1ccc(OC)cc1. The Morgan fingerprint density at radius 2 is 2.15 bits per heavy atom. The van der Waals surface area contributed by atoms with Gasteiger partial charge in [0.1, 0.15) is 12.1 Å². The van der Waals surface area contributed by atoms with Crippen LogP contribution in [0.2, 0.25) is 0 Å². The lowest BCUT2D eigenvalue weighted by Crippen LogP contribution is -2.33. The maximum Gasteiger partial charge on any atom is 0.232 e. The van der Waals surface area contributed by atoms with Crippen LogP contribution in [0.5, 0.6) is 5.75 Å². The van der Waals surface area contributed by atoms with Crippen LogP contribution < -0.4 is 10.1 Å². The highest BCUT2D eigenvalue weighted by Gasteiger charge is 2.44. The van der Waals surface area contributed by atoms with E-state index >= 15 is 0 Å². The smallest absolute Gasteiger partial charge is 0.232 e. The van der Waals surface area contributed by atoms with Crippen molar-refractivity contribution in [3.8, 4) is 5.75 Å². The Morgan fingerprint density at radius 1 is 1.38 bits per heavy atom. The van der Waals surface area contributed by atoms with E-state index in [1.165, 1.54) is 6.33 Å². The molecular weight excluding hydrogens is 334 g/mol. The van der Waals surface area contributed by atoms with E-state index in [-0.39, 0.29) is 30.2 Å². The first-order chi connectivity index (χ1) is 12.6. The number of carbonyl (C=O) groups excluding carboxylic acids is 2. The van der Waals surface area contributed by atoms with Crippen LogP contribution in [0.1, 0.15) is 37.8 Å². The molecule has 1 aliphatic heterocycles. The predicted octanol–water partition coefficient (Wildman–Crippen LogP) is 2.14. The number of anilines is 1. The fourth-order valence-electron chi connectivity index (χ4n) is 3.31. The third kappa shape index (κ3) is 3.68. The van der Waals surface area contributed by atoms with Gasteiger partial charge in [0, 0.05) is 13.0 Å². The van der Waals surface area contributed by atoms with Gasteiger partial charge in [-0.3, -0.25) is 14.9 Å². The first kappa shape index (κ1) is 17.9. The summed E-state index contributed by atoms with van der Waals surface area (Å²) in [5.74, 6) is 0.286. The Balaban J connectivity index is 1.87. The fourth-order valence-corrected chi connectivity index (χ4v) is 3.31. The molecule has 0 radical (unpaired) electrons. The number of rotatable bonds is 7. The lowest BCUT2D eigenvalue weighted by molar-refractivity contribution is -0.129. The summed E-state index contributed by atoms with van der Waals surface area (Å²) in [6.45, 7) is 2.72. The van der Waals surface area contributed by atoms with Crippen molar-refractivity contribution >= 4 is 17.8 Å². The quantitative estimate of drug-likeness (QED) is 0.791. The van der Waals surface area contributed by atoms with Gasteiger partial charge < -0.3 is 9.64 Å². The molecule has 0 spiro atoms. The molecule has 2 heterocycles. The summed E-state index contributed by atoms with van der Waals surface area (Å²) < 4.78 is 5.21. The van der Waals surface area contributed by atoms with Crippen LogP contribution >= 0.6 is 0 Å². The molecule has 2 amide bonds. The molecule has 1 aromatic heterocycles. The third-order valence-corrected chi connectivity index (χ3v) is 4.64. The van der Waals surface area contributed by atoms with Gasteiger partial charge in [0.05, 0.1) is 19.1 Å². The maximum atomic E-state index is 12.8. The predicted molar refractivity (Wildman–Crippen MR) is 95.5 cm³/mol. The minimum Gasteiger partial charge on any atom is -0.497 e. The number of aromatic nitrogens is 3. The second-order valence-corrected chi connectivity index (χ2v) is 6.29. The highest BCUT2D eigenvalue weighted by molar-refractivity contribution is 5.97. The number of amides is 2. The van der Waals surface area contributed by atoms with Crippen LogP contribution in [-0.4, -0.2) is 45.6 Å². The zero-order valence-electron chi connectivity index (χ0n) is 14.9. The summed E-state index contributed by atoms with van der Waals surface area (Å²) in [7, 11) is 1.61. The maximum absolute atomic E-state index is 12.8. The largest absolute Gasteiger partial charge is 0.497 e. The second-order valence-electron chi connectivity index (χ2n) is 6.29. The highest BCUT2D eigenvalue weighted by atomic mass is 16.5. The molecule has 2 aromatic rings. The van der Waals surface area contributed by atoms with E-state index in [0.717, 1.165) is 24.2 Å². The van der Waals surface area contributed by atoms with Crippen molar-refractivity contribution in [2.24, 2.45) is 5.92 Å². The van der Waals surface area contributed by atoms with Gasteiger partial charge in [-0.15, -0.1) is 0 Å². The van der Waals surface area contributed by atoms with E-state index in [1.54, 1.807) is 7.11 Å². The van der Waals surface area contributed by atoms with Crippen molar-refractivity contribution < 1.29 is 14.3 Å². The minimum absolute atomic E-state index is 0.00279. The van der Waals surface area contributed by atoms with Crippen LogP contribution in [0.25, 0.3) is 0 Å². The van der Waals surface area contributed by atoms with Crippen molar-refractivity contribution in [1.29, 1.82) is 0 Å². The van der Waals surface area contributed by atoms with E-state index in [9.17, 15) is 9.59 Å². The Kier molecular flexibility index (Phi) is 5.50. The number of H-pyrrole nitrogens is 1. The van der Waals surface area contributed by atoms with Gasteiger partial charge >= 0.3 is 0 Å². The number of carbonyl (C=O) groups is 2. The molecule has 26 heavy (non-hydrogen) atoms. The molecule has 1 aliphatic rings. The van der Waals surface area contributed by atoms with E-state index < -0.39 is 5.92 Å². The molecular formula is C18H23N5O3. The average Bonchev–Trinajstić information content (AvgIpc) is 3.27. The van der Waals surface area contributed by atoms with Gasteiger partial charge in [0.25, 0.3) is 0 Å². The fraction of sp³-hybridized carbons (Fsp3) is 0.444. The second kappa shape index (κ2) is 7.99. The number of unbranched alkanes of at least 4 members (excludes halogenated alkanes) is 1. The van der Waals surface area contributed by atoms with Gasteiger partial charge in [0.15, 0.2) is 0 Å². The standard InChI is InChI=1S/C18H23N5O3/c1-3-4-9-23-15(24)10-14(17(25)21-18-19-11-20-22-18)16(23)12-5-7-13(26-2)8-6-12/h5-8,11,14,16H,3-4,9-10H2,1-2H3,(H2,19,20,21,22,25)/t14-,16-/m0/s1. The molecule has 0 saturated carbocycles. The lowest BCUT2D eigenvalue weighted by Gasteiger charge is -2.28. The molecule has 0 bridgehead atoms. The van der Waals surface area contributed by atoms with Crippen LogP contribution in [0.15, 0.2) is 30.6 Å². The minimum atomic E-state index is -0.488. The zero-order valence-corrected chi connectivity index (χ0v) is 14.9. The Bertz CT molecular complexity index is 745. The summed E-state index contributed by atoms with van der Waals surface area (Å²) >= 11 is 0. The van der Waals surface area contributed by atoms with Crippen molar-refractivity contribution in [3.63, 3.8) is 0 Å². The van der Waals surface area contributed by atoms with Crippen molar-refractivity contribution in [2.75, 3.05) is 19.0 Å². The lowest BCUT2D eigenvalue weighted by atomic mass is 9.92. The number of hydrogen-bond acceptors (Lipinski definition) is 5. The number of aromatic amines is 1. The topological polar surface area (TPSA) is 100 Å². The Hall–Kier alpha value is -2.90. The molecule has 138 valence electrons. The molecule has 0 unspecified atom stereocenters. The highest BCUT2D eigenvalue weighted by Crippen LogP contribution is 2.39. The third-order valence-electron chi connectivity index (χ3n) is 4.64. The zero-order chi connectivity index (χ0) is 18.5. The molecule has 3 rings (SSSR count). The number of methoxy groups -OCH3 is 1.